The smallest absolute Gasteiger partial charge is 0.427 e. The van der Waals surface area contributed by atoms with Gasteiger partial charge in [0.05, 0.1) is 6.67 Å². The minimum atomic E-state index is -1.51. The van der Waals surface area contributed by atoms with Crippen molar-refractivity contribution < 1.29 is 32.6 Å². The SMILES string of the molecule is CC(C)(C)OC(=O)N(C(=O)OC(C)(C)C)C(=O)c1ccc(C(F)CCF)cc1. The molecule has 0 fully saturated rings. The third-order valence-corrected chi connectivity index (χ3v) is 3.24. The zero-order chi connectivity index (χ0) is 21.7. The number of carbonyl (C=O) groups is 3. The maximum atomic E-state index is 13.8. The summed E-state index contributed by atoms with van der Waals surface area (Å²) in [6.07, 6.45) is -4.18. The van der Waals surface area contributed by atoms with Crippen LogP contribution in [0.4, 0.5) is 18.4 Å². The molecule has 1 rings (SSSR count). The van der Waals surface area contributed by atoms with Crippen LogP contribution >= 0.6 is 0 Å². The van der Waals surface area contributed by atoms with E-state index in [-0.39, 0.29) is 22.4 Å². The average Bonchev–Trinajstić information content (AvgIpc) is 2.51. The van der Waals surface area contributed by atoms with Crippen LogP contribution in [0.3, 0.4) is 0 Å². The Morgan fingerprint density at radius 3 is 1.71 bits per heavy atom. The summed E-state index contributed by atoms with van der Waals surface area (Å²) in [4.78, 5) is 37.9. The van der Waals surface area contributed by atoms with Crippen molar-refractivity contribution in [2.45, 2.75) is 65.3 Å². The summed E-state index contributed by atoms with van der Waals surface area (Å²) in [6, 6.07) is 5.11. The van der Waals surface area contributed by atoms with Gasteiger partial charge in [-0.25, -0.2) is 14.0 Å². The Morgan fingerprint density at radius 1 is 0.929 bits per heavy atom. The second-order valence-corrected chi connectivity index (χ2v) is 8.17. The summed E-state index contributed by atoms with van der Waals surface area (Å²) < 4.78 is 36.3. The molecular formula is C20H27F2NO5. The van der Waals surface area contributed by atoms with E-state index in [1.54, 1.807) is 41.5 Å². The summed E-state index contributed by atoms with van der Waals surface area (Å²) in [6.45, 7) is 8.71. The molecule has 0 heterocycles. The van der Waals surface area contributed by atoms with Gasteiger partial charge in [-0.3, -0.25) is 9.18 Å². The number of halogens is 2. The summed E-state index contributed by atoms with van der Waals surface area (Å²) in [5.74, 6) is -0.976. The highest BCUT2D eigenvalue weighted by Crippen LogP contribution is 2.23. The summed E-state index contributed by atoms with van der Waals surface area (Å²) in [7, 11) is 0. The van der Waals surface area contributed by atoms with E-state index < -0.39 is 42.1 Å². The minimum absolute atomic E-state index is 0.0482. The van der Waals surface area contributed by atoms with E-state index in [1.165, 1.54) is 24.3 Å². The van der Waals surface area contributed by atoms with Crippen molar-refractivity contribution >= 4 is 18.1 Å². The second kappa shape index (κ2) is 9.12. The van der Waals surface area contributed by atoms with E-state index in [2.05, 4.69) is 0 Å². The van der Waals surface area contributed by atoms with Crippen molar-refractivity contribution in [2.75, 3.05) is 6.67 Å². The second-order valence-electron chi connectivity index (χ2n) is 8.17. The van der Waals surface area contributed by atoms with Crippen LogP contribution in [0.15, 0.2) is 24.3 Å². The number of hydrogen-bond acceptors (Lipinski definition) is 5. The number of ether oxygens (including phenoxy) is 2. The quantitative estimate of drug-likeness (QED) is 0.681. The third-order valence-electron chi connectivity index (χ3n) is 3.24. The van der Waals surface area contributed by atoms with E-state index in [0.29, 0.717) is 0 Å². The first kappa shape index (κ1) is 23.5. The van der Waals surface area contributed by atoms with E-state index in [0.717, 1.165) is 0 Å². The number of benzene rings is 1. The lowest BCUT2D eigenvalue weighted by Crippen LogP contribution is -2.46. The number of imide groups is 3. The third kappa shape index (κ3) is 7.25. The van der Waals surface area contributed by atoms with Crippen molar-refractivity contribution in [1.29, 1.82) is 0 Å². The van der Waals surface area contributed by atoms with Crippen molar-refractivity contribution in [1.82, 2.24) is 4.90 Å². The predicted octanol–water partition coefficient (Wildman–Crippen LogP) is 5.37. The zero-order valence-corrected chi connectivity index (χ0v) is 17.0. The van der Waals surface area contributed by atoms with Gasteiger partial charge in [-0.1, -0.05) is 12.1 Å². The van der Waals surface area contributed by atoms with Gasteiger partial charge in [-0.2, -0.15) is 0 Å². The largest absolute Gasteiger partial charge is 0.443 e. The lowest BCUT2D eigenvalue weighted by atomic mass is 10.1. The molecule has 1 unspecified atom stereocenters. The summed E-state index contributed by atoms with van der Waals surface area (Å²) >= 11 is 0. The molecular weight excluding hydrogens is 372 g/mol. The number of nitrogens with zero attached hydrogens (tertiary/aromatic N) is 1. The highest BCUT2D eigenvalue weighted by molar-refractivity contribution is 6.13. The lowest BCUT2D eigenvalue weighted by molar-refractivity contribution is 0.00397. The maximum Gasteiger partial charge on any atom is 0.427 e. The molecule has 6 nitrogen and oxygen atoms in total. The zero-order valence-electron chi connectivity index (χ0n) is 17.0. The molecule has 0 radical (unpaired) electrons. The average molecular weight is 399 g/mol. The van der Waals surface area contributed by atoms with Gasteiger partial charge in [0.25, 0.3) is 5.91 Å². The van der Waals surface area contributed by atoms with Crippen LogP contribution in [0, 0.1) is 0 Å². The molecule has 0 bridgehead atoms. The number of alkyl halides is 2. The van der Waals surface area contributed by atoms with Crippen LogP contribution in [0.1, 0.15) is 70.1 Å². The molecule has 156 valence electrons. The van der Waals surface area contributed by atoms with Gasteiger partial charge < -0.3 is 9.47 Å². The lowest BCUT2D eigenvalue weighted by Gasteiger charge is -2.27. The Labute approximate surface area is 163 Å². The van der Waals surface area contributed by atoms with Crippen LogP contribution in [0.5, 0.6) is 0 Å². The van der Waals surface area contributed by atoms with Crippen LogP contribution in [-0.2, 0) is 9.47 Å². The fourth-order valence-corrected chi connectivity index (χ4v) is 2.08. The molecule has 3 amide bonds. The Balaban J connectivity index is 3.16. The topological polar surface area (TPSA) is 72.9 Å². The van der Waals surface area contributed by atoms with Crippen LogP contribution in [0.25, 0.3) is 0 Å². The standard InChI is InChI=1S/C20H27F2NO5/c1-19(2,3)27-17(25)23(18(26)28-20(4,5)6)16(24)14-9-7-13(8-10-14)15(22)11-12-21/h7-10,15H,11-12H2,1-6H3. The molecule has 0 saturated carbocycles. The van der Waals surface area contributed by atoms with E-state index in [1.807, 2.05) is 0 Å². The number of rotatable bonds is 4. The predicted molar refractivity (Wildman–Crippen MR) is 99.5 cm³/mol. The Kier molecular flexibility index (Phi) is 7.66. The molecule has 0 N–H and O–H groups in total. The van der Waals surface area contributed by atoms with Gasteiger partial charge in [-0.15, -0.1) is 4.90 Å². The highest BCUT2D eigenvalue weighted by Gasteiger charge is 2.36. The molecule has 0 aliphatic carbocycles. The molecule has 1 aromatic rings. The van der Waals surface area contributed by atoms with E-state index >= 15 is 0 Å². The molecule has 0 aliphatic heterocycles. The molecule has 0 saturated heterocycles. The monoisotopic (exact) mass is 399 g/mol. The normalized spacial score (nSPS) is 12.9. The first-order valence-corrected chi connectivity index (χ1v) is 8.85. The number of carbonyl (C=O) groups excluding carboxylic acids is 3. The van der Waals surface area contributed by atoms with Crippen LogP contribution < -0.4 is 0 Å². The Bertz CT molecular complexity index is 677. The highest BCUT2D eigenvalue weighted by atomic mass is 19.1. The van der Waals surface area contributed by atoms with Crippen LogP contribution in [-0.4, -0.2) is 40.9 Å². The first-order valence-electron chi connectivity index (χ1n) is 8.85. The van der Waals surface area contributed by atoms with Gasteiger partial charge in [0.1, 0.15) is 17.4 Å². The fraction of sp³-hybridized carbons (Fsp3) is 0.550. The van der Waals surface area contributed by atoms with Crippen molar-refractivity contribution in [3.63, 3.8) is 0 Å². The van der Waals surface area contributed by atoms with Gasteiger partial charge >= 0.3 is 12.2 Å². The van der Waals surface area contributed by atoms with Crippen LogP contribution in [0.2, 0.25) is 0 Å². The molecule has 28 heavy (non-hydrogen) atoms. The molecule has 0 spiro atoms. The number of amides is 3. The molecule has 1 aromatic carbocycles. The van der Waals surface area contributed by atoms with E-state index in [4.69, 9.17) is 9.47 Å². The van der Waals surface area contributed by atoms with Gasteiger partial charge in [0.15, 0.2) is 0 Å². The van der Waals surface area contributed by atoms with Gasteiger partial charge in [-0.05, 0) is 59.2 Å². The first-order chi connectivity index (χ1) is 12.7. The summed E-state index contributed by atoms with van der Waals surface area (Å²) in [5.41, 5.74) is -1.76. The van der Waals surface area contributed by atoms with Gasteiger partial charge in [0, 0.05) is 12.0 Å². The van der Waals surface area contributed by atoms with Crippen molar-refractivity contribution in [2.24, 2.45) is 0 Å². The fourth-order valence-electron chi connectivity index (χ4n) is 2.08. The number of hydrogen-bond donors (Lipinski definition) is 0. The van der Waals surface area contributed by atoms with Crippen molar-refractivity contribution in [3.05, 3.63) is 35.4 Å². The minimum Gasteiger partial charge on any atom is -0.443 e. The molecule has 8 heteroatoms. The molecule has 1 atom stereocenters. The van der Waals surface area contributed by atoms with E-state index in [9.17, 15) is 23.2 Å². The Hall–Kier alpha value is -2.51. The Morgan fingerprint density at radius 2 is 1.36 bits per heavy atom. The maximum absolute atomic E-state index is 13.8. The summed E-state index contributed by atoms with van der Waals surface area (Å²) in [5, 5.41) is 0. The molecule has 0 aromatic heterocycles. The van der Waals surface area contributed by atoms with Gasteiger partial charge in [0.2, 0.25) is 0 Å². The van der Waals surface area contributed by atoms with Crippen molar-refractivity contribution in [3.8, 4) is 0 Å². The molecule has 0 aliphatic rings.